The molecule has 0 spiro atoms. The molecule has 1 aromatic rings. The highest BCUT2D eigenvalue weighted by atomic mass is 16.5. The van der Waals surface area contributed by atoms with Gasteiger partial charge in [-0.3, -0.25) is 0 Å². The van der Waals surface area contributed by atoms with E-state index in [9.17, 15) is 5.11 Å². The van der Waals surface area contributed by atoms with Crippen molar-refractivity contribution in [3.05, 3.63) is 29.8 Å². The van der Waals surface area contributed by atoms with Gasteiger partial charge in [0.1, 0.15) is 18.5 Å². The molecule has 0 bridgehead atoms. The largest absolute Gasteiger partial charge is 0.491 e. The highest BCUT2D eigenvalue weighted by molar-refractivity contribution is 5.26. The molecule has 1 aromatic carbocycles. The number of aryl methyl sites for hydroxylation is 1. The number of hydrogen-bond donors (Lipinski definition) is 2. The van der Waals surface area contributed by atoms with Gasteiger partial charge in [0.25, 0.3) is 0 Å². The van der Waals surface area contributed by atoms with Crippen LogP contribution in [-0.4, -0.2) is 30.4 Å². The van der Waals surface area contributed by atoms with Crippen LogP contribution in [0.3, 0.4) is 0 Å². The Morgan fingerprint density at radius 2 is 2.05 bits per heavy atom. The molecule has 1 saturated carbocycles. The van der Waals surface area contributed by atoms with Crippen LogP contribution in [0.1, 0.15) is 38.7 Å². The summed E-state index contributed by atoms with van der Waals surface area (Å²) >= 11 is 0. The van der Waals surface area contributed by atoms with Crippen molar-refractivity contribution >= 4 is 0 Å². The predicted octanol–water partition coefficient (Wildman–Crippen LogP) is 2.90. The fraction of sp³-hybridized carbons (Fsp3) is 0.647. The summed E-state index contributed by atoms with van der Waals surface area (Å²) in [7, 11) is 0. The summed E-state index contributed by atoms with van der Waals surface area (Å²) in [5, 5.41) is 13.5. The molecule has 20 heavy (non-hydrogen) atoms. The van der Waals surface area contributed by atoms with Gasteiger partial charge in [0.2, 0.25) is 0 Å². The molecule has 2 rings (SSSR count). The lowest BCUT2D eigenvalue weighted by atomic mass is 9.87. The second-order valence-electron chi connectivity index (χ2n) is 6.62. The van der Waals surface area contributed by atoms with Gasteiger partial charge in [-0.05, 0) is 37.3 Å². The van der Waals surface area contributed by atoms with Gasteiger partial charge in [-0.2, -0.15) is 0 Å². The van der Waals surface area contributed by atoms with Crippen molar-refractivity contribution in [2.24, 2.45) is 5.41 Å². The number of aliphatic hydroxyl groups excluding tert-OH is 1. The summed E-state index contributed by atoms with van der Waals surface area (Å²) in [4.78, 5) is 0. The van der Waals surface area contributed by atoms with E-state index in [-0.39, 0.29) is 0 Å². The van der Waals surface area contributed by atoms with Gasteiger partial charge in [0.15, 0.2) is 0 Å². The van der Waals surface area contributed by atoms with Crippen LogP contribution in [0.5, 0.6) is 5.75 Å². The van der Waals surface area contributed by atoms with Crippen LogP contribution in [0.2, 0.25) is 0 Å². The number of rotatable bonds is 6. The maximum Gasteiger partial charge on any atom is 0.119 e. The molecule has 2 atom stereocenters. The van der Waals surface area contributed by atoms with E-state index >= 15 is 0 Å². The fourth-order valence-electron chi connectivity index (χ4n) is 2.87. The molecule has 0 aliphatic heterocycles. The molecule has 1 aliphatic carbocycles. The molecule has 0 aromatic heterocycles. The Bertz CT molecular complexity index is 414. The van der Waals surface area contributed by atoms with Crippen LogP contribution in [0.25, 0.3) is 0 Å². The van der Waals surface area contributed by atoms with E-state index in [0.29, 0.717) is 24.6 Å². The standard InChI is InChI=1S/C17H27NO2/c1-13-6-8-15(9-7-13)20-12-14(19)11-18-16-5-4-10-17(16,2)3/h6-9,14,16,18-19H,4-5,10-12H2,1-3H3. The van der Waals surface area contributed by atoms with E-state index < -0.39 is 6.10 Å². The molecular formula is C17H27NO2. The maximum atomic E-state index is 10.0. The summed E-state index contributed by atoms with van der Waals surface area (Å²) < 4.78 is 5.60. The van der Waals surface area contributed by atoms with Crippen LogP contribution in [-0.2, 0) is 0 Å². The first-order valence-corrected chi connectivity index (χ1v) is 7.58. The van der Waals surface area contributed by atoms with Crippen LogP contribution in [0, 0.1) is 12.3 Å². The molecule has 3 nitrogen and oxygen atoms in total. The molecule has 3 heteroatoms. The summed E-state index contributed by atoms with van der Waals surface area (Å²) in [6.07, 6.45) is 3.28. The zero-order chi connectivity index (χ0) is 14.6. The molecule has 1 aliphatic rings. The molecule has 0 heterocycles. The summed E-state index contributed by atoms with van der Waals surface area (Å²) in [5.74, 6) is 0.816. The third-order valence-corrected chi connectivity index (χ3v) is 4.32. The van der Waals surface area contributed by atoms with Gasteiger partial charge in [0, 0.05) is 12.6 Å². The van der Waals surface area contributed by atoms with Crippen molar-refractivity contribution in [2.45, 2.75) is 52.2 Å². The minimum atomic E-state index is -0.465. The van der Waals surface area contributed by atoms with Crippen molar-refractivity contribution in [1.82, 2.24) is 5.32 Å². The van der Waals surface area contributed by atoms with E-state index in [2.05, 4.69) is 19.2 Å². The van der Waals surface area contributed by atoms with Crippen LogP contribution < -0.4 is 10.1 Å². The number of hydrogen-bond acceptors (Lipinski definition) is 3. The third kappa shape index (κ3) is 4.22. The molecule has 2 unspecified atom stereocenters. The Morgan fingerprint density at radius 1 is 1.35 bits per heavy atom. The molecule has 112 valence electrons. The smallest absolute Gasteiger partial charge is 0.119 e. The van der Waals surface area contributed by atoms with E-state index in [1.165, 1.54) is 24.8 Å². The lowest BCUT2D eigenvalue weighted by molar-refractivity contribution is 0.0986. The molecular weight excluding hydrogens is 250 g/mol. The van der Waals surface area contributed by atoms with Crippen LogP contribution in [0.4, 0.5) is 0 Å². The Balaban J connectivity index is 1.70. The Labute approximate surface area is 122 Å². The average Bonchev–Trinajstić information content (AvgIpc) is 2.74. The first-order valence-electron chi connectivity index (χ1n) is 7.58. The van der Waals surface area contributed by atoms with E-state index in [0.717, 1.165) is 5.75 Å². The summed E-state index contributed by atoms with van der Waals surface area (Å²) in [6, 6.07) is 8.42. The molecule has 1 fully saturated rings. The van der Waals surface area contributed by atoms with Crippen molar-refractivity contribution < 1.29 is 9.84 Å². The van der Waals surface area contributed by atoms with Crippen molar-refractivity contribution in [3.8, 4) is 5.75 Å². The minimum Gasteiger partial charge on any atom is -0.491 e. The normalized spacial score (nSPS) is 22.7. The summed E-state index contributed by atoms with van der Waals surface area (Å²) in [6.45, 7) is 7.58. The first-order chi connectivity index (χ1) is 9.47. The summed E-state index contributed by atoms with van der Waals surface area (Å²) in [5.41, 5.74) is 1.56. The van der Waals surface area contributed by atoms with E-state index in [4.69, 9.17) is 4.74 Å². The predicted molar refractivity (Wildman–Crippen MR) is 82.1 cm³/mol. The highest BCUT2D eigenvalue weighted by Crippen LogP contribution is 2.37. The average molecular weight is 277 g/mol. The SMILES string of the molecule is Cc1ccc(OCC(O)CNC2CCCC2(C)C)cc1. The fourth-order valence-corrected chi connectivity index (χ4v) is 2.87. The Kier molecular flexibility index (Phi) is 5.06. The number of nitrogens with one attached hydrogen (secondary N) is 1. The van der Waals surface area contributed by atoms with Crippen molar-refractivity contribution in [3.63, 3.8) is 0 Å². The molecule has 0 radical (unpaired) electrons. The van der Waals surface area contributed by atoms with E-state index in [1.807, 2.05) is 31.2 Å². The van der Waals surface area contributed by atoms with Gasteiger partial charge in [0.05, 0.1) is 0 Å². The van der Waals surface area contributed by atoms with Gasteiger partial charge in [-0.25, -0.2) is 0 Å². The van der Waals surface area contributed by atoms with Crippen LogP contribution >= 0.6 is 0 Å². The number of aliphatic hydroxyl groups is 1. The topological polar surface area (TPSA) is 41.5 Å². The zero-order valence-corrected chi connectivity index (χ0v) is 12.9. The lowest BCUT2D eigenvalue weighted by Gasteiger charge is -2.28. The Hall–Kier alpha value is -1.06. The van der Waals surface area contributed by atoms with Gasteiger partial charge < -0.3 is 15.2 Å². The zero-order valence-electron chi connectivity index (χ0n) is 12.9. The van der Waals surface area contributed by atoms with Gasteiger partial charge in [-0.15, -0.1) is 0 Å². The highest BCUT2D eigenvalue weighted by Gasteiger charge is 2.34. The minimum absolute atomic E-state index is 0.337. The maximum absolute atomic E-state index is 10.0. The third-order valence-electron chi connectivity index (χ3n) is 4.32. The second-order valence-corrected chi connectivity index (χ2v) is 6.62. The van der Waals surface area contributed by atoms with Gasteiger partial charge in [-0.1, -0.05) is 38.0 Å². The number of benzene rings is 1. The van der Waals surface area contributed by atoms with E-state index in [1.54, 1.807) is 0 Å². The monoisotopic (exact) mass is 277 g/mol. The first kappa shape index (κ1) is 15.3. The van der Waals surface area contributed by atoms with Crippen LogP contribution in [0.15, 0.2) is 24.3 Å². The second kappa shape index (κ2) is 6.59. The lowest BCUT2D eigenvalue weighted by Crippen LogP contribution is -2.43. The molecule has 0 saturated heterocycles. The molecule has 0 amide bonds. The van der Waals surface area contributed by atoms with Gasteiger partial charge >= 0.3 is 0 Å². The Morgan fingerprint density at radius 3 is 2.65 bits per heavy atom. The van der Waals surface area contributed by atoms with Crippen molar-refractivity contribution in [2.75, 3.05) is 13.2 Å². The number of ether oxygens (including phenoxy) is 1. The quantitative estimate of drug-likeness (QED) is 0.840. The molecule has 2 N–H and O–H groups in total. The van der Waals surface area contributed by atoms with Crippen molar-refractivity contribution in [1.29, 1.82) is 0 Å².